The zero-order valence-electron chi connectivity index (χ0n) is 12.5. The van der Waals surface area contributed by atoms with Crippen molar-refractivity contribution in [1.29, 1.82) is 0 Å². The van der Waals surface area contributed by atoms with Gasteiger partial charge in [0.15, 0.2) is 0 Å². The minimum atomic E-state index is -0.0755. The van der Waals surface area contributed by atoms with E-state index in [9.17, 15) is 4.79 Å². The minimum absolute atomic E-state index is 0.0219. The van der Waals surface area contributed by atoms with Crippen LogP contribution in [0.4, 0.5) is 5.69 Å². The van der Waals surface area contributed by atoms with E-state index in [4.69, 9.17) is 23.2 Å². The summed E-state index contributed by atoms with van der Waals surface area (Å²) in [5, 5.41) is 1.37. The normalized spacial score (nSPS) is 24.3. The lowest BCUT2D eigenvalue weighted by Crippen LogP contribution is -2.32. The molecule has 2 atom stereocenters. The molecular weight excluding hydrogens is 331 g/mol. The number of carbonyl (C=O) groups excluding carboxylic acids is 1. The smallest absolute Gasteiger partial charge is 0.246 e. The van der Waals surface area contributed by atoms with Gasteiger partial charge in [0.25, 0.3) is 0 Å². The molecule has 2 aromatic carbocycles. The third kappa shape index (κ3) is 2.53. The zero-order chi connectivity index (χ0) is 16.0. The van der Waals surface area contributed by atoms with Crippen molar-refractivity contribution in [3.63, 3.8) is 0 Å². The van der Waals surface area contributed by atoms with Gasteiger partial charge in [0, 0.05) is 22.3 Å². The molecule has 23 heavy (non-hydrogen) atoms. The number of hydrogen-bond donors (Lipinski definition) is 0. The molecule has 2 aliphatic heterocycles. The Kier molecular flexibility index (Phi) is 3.80. The maximum absolute atomic E-state index is 12.9. The van der Waals surface area contributed by atoms with Crippen molar-refractivity contribution in [2.45, 2.75) is 25.0 Å². The van der Waals surface area contributed by atoms with Crippen molar-refractivity contribution in [2.75, 3.05) is 11.4 Å². The molecule has 3 nitrogen and oxygen atoms in total. The first-order chi connectivity index (χ1) is 11.1. The lowest BCUT2D eigenvalue weighted by atomic mass is 10.1. The highest BCUT2D eigenvalue weighted by Gasteiger charge is 2.49. The van der Waals surface area contributed by atoms with Crippen LogP contribution in [0.1, 0.15) is 24.6 Å². The van der Waals surface area contributed by atoms with Crippen molar-refractivity contribution in [3.05, 3.63) is 64.1 Å². The summed E-state index contributed by atoms with van der Waals surface area (Å²) >= 11 is 12.0. The molecule has 0 N–H and O–H groups in total. The van der Waals surface area contributed by atoms with Crippen molar-refractivity contribution >= 4 is 34.8 Å². The number of fused-ring (bicyclic) bond motifs is 1. The van der Waals surface area contributed by atoms with Gasteiger partial charge in [-0.05, 0) is 54.8 Å². The van der Waals surface area contributed by atoms with Crippen molar-refractivity contribution in [3.8, 4) is 0 Å². The maximum atomic E-state index is 12.9. The van der Waals surface area contributed by atoms with Gasteiger partial charge in [-0.3, -0.25) is 14.6 Å². The predicted octanol–water partition coefficient (Wildman–Crippen LogP) is 4.50. The average molecular weight is 347 g/mol. The van der Waals surface area contributed by atoms with Crippen LogP contribution in [0.5, 0.6) is 0 Å². The average Bonchev–Trinajstić information content (AvgIpc) is 3.12. The molecule has 0 spiro atoms. The van der Waals surface area contributed by atoms with Crippen molar-refractivity contribution < 1.29 is 4.79 Å². The SMILES string of the molecule is O=C1C2CCCN2C(c2ccc(Cl)cc2)N1c1ccc(Cl)cc1. The lowest BCUT2D eigenvalue weighted by Gasteiger charge is -2.29. The van der Waals surface area contributed by atoms with E-state index in [1.165, 1.54) is 0 Å². The van der Waals surface area contributed by atoms with Gasteiger partial charge in [-0.2, -0.15) is 0 Å². The van der Waals surface area contributed by atoms with Gasteiger partial charge in [-0.25, -0.2) is 0 Å². The molecule has 2 heterocycles. The molecule has 2 unspecified atom stereocenters. The molecule has 5 heteroatoms. The first-order valence-corrected chi connectivity index (χ1v) is 8.50. The molecule has 4 rings (SSSR count). The molecule has 118 valence electrons. The molecule has 2 aliphatic rings. The summed E-state index contributed by atoms with van der Waals surface area (Å²) < 4.78 is 0. The summed E-state index contributed by atoms with van der Waals surface area (Å²) in [5.74, 6) is 0.171. The first kappa shape index (κ1) is 15.0. The van der Waals surface area contributed by atoms with Crippen LogP contribution < -0.4 is 4.90 Å². The van der Waals surface area contributed by atoms with E-state index in [0.29, 0.717) is 10.0 Å². The summed E-state index contributed by atoms with van der Waals surface area (Å²) in [6.07, 6.45) is 1.91. The second-order valence-corrected chi connectivity index (χ2v) is 6.88. The van der Waals surface area contributed by atoms with E-state index in [2.05, 4.69) is 4.90 Å². The van der Waals surface area contributed by atoms with Gasteiger partial charge < -0.3 is 0 Å². The van der Waals surface area contributed by atoms with Gasteiger partial charge in [0.05, 0.1) is 6.04 Å². The highest BCUT2D eigenvalue weighted by molar-refractivity contribution is 6.30. The summed E-state index contributed by atoms with van der Waals surface area (Å²) in [5.41, 5.74) is 1.97. The molecule has 0 radical (unpaired) electrons. The Morgan fingerprint density at radius 2 is 1.52 bits per heavy atom. The van der Waals surface area contributed by atoms with Crippen molar-refractivity contribution in [1.82, 2.24) is 4.90 Å². The van der Waals surface area contributed by atoms with E-state index in [0.717, 1.165) is 30.6 Å². The van der Waals surface area contributed by atoms with Crippen LogP contribution in [0.15, 0.2) is 48.5 Å². The number of benzene rings is 2. The van der Waals surface area contributed by atoms with Crippen molar-refractivity contribution in [2.24, 2.45) is 0 Å². The zero-order valence-corrected chi connectivity index (χ0v) is 14.0. The molecule has 0 aromatic heterocycles. The highest BCUT2D eigenvalue weighted by Crippen LogP contribution is 2.42. The maximum Gasteiger partial charge on any atom is 0.246 e. The Morgan fingerprint density at radius 1 is 0.913 bits per heavy atom. The number of carbonyl (C=O) groups is 1. The molecule has 2 saturated heterocycles. The molecule has 0 bridgehead atoms. The fourth-order valence-electron chi connectivity index (χ4n) is 3.62. The van der Waals surface area contributed by atoms with E-state index < -0.39 is 0 Å². The van der Waals surface area contributed by atoms with Crippen LogP contribution in [0.2, 0.25) is 10.0 Å². The van der Waals surface area contributed by atoms with E-state index in [1.54, 1.807) is 0 Å². The predicted molar refractivity (Wildman–Crippen MR) is 92.9 cm³/mol. The molecule has 1 amide bonds. The second-order valence-electron chi connectivity index (χ2n) is 6.01. The van der Waals surface area contributed by atoms with Gasteiger partial charge in [0.1, 0.15) is 6.17 Å². The third-order valence-corrected chi connectivity index (χ3v) is 5.15. The highest BCUT2D eigenvalue weighted by atomic mass is 35.5. The van der Waals surface area contributed by atoms with Gasteiger partial charge in [-0.15, -0.1) is 0 Å². The standard InChI is InChI=1S/C18H16Cl2N2O/c19-13-5-3-12(4-6-13)17-21-11-1-2-16(21)18(23)22(17)15-9-7-14(20)8-10-15/h3-10,16-17H,1-2,11H2. The monoisotopic (exact) mass is 346 g/mol. The molecule has 2 aromatic rings. The van der Waals surface area contributed by atoms with Gasteiger partial charge >= 0.3 is 0 Å². The van der Waals surface area contributed by atoms with Crippen LogP contribution in [-0.4, -0.2) is 23.4 Å². The number of amides is 1. The summed E-state index contributed by atoms with van der Waals surface area (Å²) in [7, 11) is 0. The Labute approximate surface area is 145 Å². The Balaban J connectivity index is 1.79. The Hall–Kier alpha value is -1.55. The summed E-state index contributed by atoms with van der Waals surface area (Å²) in [6.45, 7) is 0.938. The number of hydrogen-bond acceptors (Lipinski definition) is 2. The lowest BCUT2D eigenvalue weighted by molar-refractivity contribution is -0.119. The number of nitrogens with zero attached hydrogens (tertiary/aromatic N) is 2. The van der Waals surface area contributed by atoms with E-state index >= 15 is 0 Å². The Bertz CT molecular complexity index is 730. The molecular formula is C18H16Cl2N2O. The largest absolute Gasteiger partial charge is 0.291 e. The van der Waals surface area contributed by atoms with Crippen LogP contribution in [0.25, 0.3) is 0 Å². The summed E-state index contributed by atoms with van der Waals surface area (Å²) in [4.78, 5) is 17.1. The van der Waals surface area contributed by atoms with Gasteiger partial charge in [-0.1, -0.05) is 35.3 Å². The number of anilines is 1. The topological polar surface area (TPSA) is 23.6 Å². The van der Waals surface area contributed by atoms with Crippen LogP contribution >= 0.6 is 23.2 Å². The fourth-order valence-corrected chi connectivity index (χ4v) is 3.87. The second kappa shape index (κ2) is 5.82. The Morgan fingerprint density at radius 3 is 2.17 bits per heavy atom. The van der Waals surface area contributed by atoms with Gasteiger partial charge in [0.2, 0.25) is 5.91 Å². The molecule has 0 saturated carbocycles. The van der Waals surface area contributed by atoms with Crippen LogP contribution in [0.3, 0.4) is 0 Å². The number of rotatable bonds is 2. The summed E-state index contributed by atoms with van der Waals surface area (Å²) in [6, 6.07) is 15.2. The molecule has 2 fully saturated rings. The molecule has 0 aliphatic carbocycles. The van der Waals surface area contributed by atoms with Crippen LogP contribution in [0, 0.1) is 0 Å². The van der Waals surface area contributed by atoms with E-state index in [-0.39, 0.29) is 18.1 Å². The minimum Gasteiger partial charge on any atom is -0.291 e. The fraction of sp³-hybridized carbons (Fsp3) is 0.278. The number of halogens is 2. The first-order valence-electron chi connectivity index (χ1n) is 7.75. The van der Waals surface area contributed by atoms with E-state index in [1.807, 2.05) is 53.4 Å². The van der Waals surface area contributed by atoms with Crippen LogP contribution in [-0.2, 0) is 4.79 Å². The third-order valence-electron chi connectivity index (χ3n) is 4.65. The quantitative estimate of drug-likeness (QED) is 0.798.